The normalized spacial score (nSPS) is 42.5. The topological polar surface area (TPSA) is 175 Å². The van der Waals surface area contributed by atoms with Gasteiger partial charge < -0.3 is 49.6 Å². The summed E-state index contributed by atoms with van der Waals surface area (Å²) in [5.74, 6) is -0.626. The van der Waals surface area contributed by atoms with E-state index in [0.29, 0.717) is 0 Å². The van der Waals surface area contributed by atoms with E-state index in [4.69, 9.17) is 24.1 Å². The molecule has 11 nitrogen and oxygen atoms in total. The molecule has 0 aromatic heterocycles. The second-order valence-corrected chi connectivity index (χ2v) is 7.32. The molecule has 158 valence electrons. The van der Waals surface area contributed by atoms with Gasteiger partial charge in [0.25, 0.3) is 0 Å². The first-order valence-corrected chi connectivity index (χ1v) is 8.72. The van der Waals surface area contributed by atoms with Crippen molar-refractivity contribution >= 4 is 5.97 Å². The van der Waals surface area contributed by atoms with E-state index in [-0.39, 0.29) is 18.9 Å². The van der Waals surface area contributed by atoms with Crippen molar-refractivity contribution in [3.05, 3.63) is 0 Å². The van der Waals surface area contributed by atoms with Crippen LogP contribution in [-0.2, 0) is 23.7 Å². The van der Waals surface area contributed by atoms with E-state index in [1.807, 2.05) is 0 Å². The number of rotatable bonds is 7. The lowest BCUT2D eigenvalue weighted by atomic mass is 9.99. The Labute approximate surface area is 156 Å². The van der Waals surface area contributed by atoms with E-state index < -0.39 is 67.9 Å². The van der Waals surface area contributed by atoms with Gasteiger partial charge in [0.2, 0.25) is 6.29 Å². The summed E-state index contributed by atoms with van der Waals surface area (Å²) in [6, 6.07) is 0. The molecule has 0 bridgehead atoms. The molecule has 2 aliphatic heterocycles. The number of aliphatic hydroxyl groups is 6. The second-order valence-electron chi connectivity index (χ2n) is 7.32. The smallest absolute Gasteiger partial charge is 0.308 e. The molecule has 2 aliphatic rings. The summed E-state index contributed by atoms with van der Waals surface area (Å²) in [5, 5.41) is 58.9. The summed E-state index contributed by atoms with van der Waals surface area (Å²) in [7, 11) is 0. The molecule has 11 heteroatoms. The van der Waals surface area contributed by atoms with E-state index in [1.54, 1.807) is 13.8 Å². The average molecular weight is 396 g/mol. The standard InChI is InChI=1S/C16H28O11/c1-7(2)3-9(18)27-14-12(21)11(20)10(19)8(26-14)4-24-15-13(22)16(23,5-17)6-25-15/h7-8,10-15,17,19-23H,3-6H2,1-2H3/t8-,10-,11+,12-,13-,14+,15-,16?/m1/s1. The van der Waals surface area contributed by atoms with E-state index >= 15 is 0 Å². The minimum absolute atomic E-state index is 0.0131. The van der Waals surface area contributed by atoms with Crippen LogP contribution in [0.15, 0.2) is 0 Å². The summed E-state index contributed by atoms with van der Waals surface area (Å²) < 4.78 is 20.7. The molecule has 0 aromatic carbocycles. The van der Waals surface area contributed by atoms with E-state index in [1.165, 1.54) is 0 Å². The summed E-state index contributed by atoms with van der Waals surface area (Å²) in [6.45, 7) is 2.09. The van der Waals surface area contributed by atoms with Crippen LogP contribution in [0.5, 0.6) is 0 Å². The third kappa shape index (κ3) is 5.13. The van der Waals surface area contributed by atoms with Crippen molar-refractivity contribution in [2.75, 3.05) is 19.8 Å². The molecule has 1 unspecified atom stereocenters. The quantitative estimate of drug-likeness (QED) is 0.240. The van der Waals surface area contributed by atoms with Crippen LogP contribution in [-0.4, -0.2) is 105 Å². The van der Waals surface area contributed by atoms with Gasteiger partial charge in [-0.15, -0.1) is 0 Å². The molecule has 0 radical (unpaired) electrons. The van der Waals surface area contributed by atoms with Gasteiger partial charge in [-0.05, 0) is 5.92 Å². The SMILES string of the molecule is CC(C)CC(=O)O[C@@H]1O[C@H](CO[C@@H]2OCC(O)(CO)[C@@H]2O)[C@@H](O)[C@H](O)[C@H]1O. The largest absolute Gasteiger partial charge is 0.433 e. The lowest BCUT2D eigenvalue weighted by Crippen LogP contribution is -2.60. The molecule has 2 saturated heterocycles. The molecular formula is C16H28O11. The summed E-state index contributed by atoms with van der Waals surface area (Å²) in [6.07, 6.45) is -10.4. The molecule has 2 rings (SSSR count). The third-order valence-electron chi connectivity index (χ3n) is 4.50. The third-order valence-corrected chi connectivity index (χ3v) is 4.50. The van der Waals surface area contributed by atoms with Crippen molar-refractivity contribution in [1.82, 2.24) is 0 Å². The summed E-state index contributed by atoms with van der Waals surface area (Å²) >= 11 is 0. The first-order chi connectivity index (χ1) is 12.6. The Bertz CT molecular complexity index is 501. The molecule has 2 fully saturated rings. The van der Waals surface area contributed by atoms with Crippen LogP contribution in [0.2, 0.25) is 0 Å². The molecule has 0 aromatic rings. The van der Waals surface area contributed by atoms with E-state index in [0.717, 1.165) is 0 Å². The van der Waals surface area contributed by atoms with Gasteiger partial charge in [0.1, 0.15) is 36.1 Å². The van der Waals surface area contributed by atoms with Gasteiger partial charge in [-0.3, -0.25) is 4.79 Å². The molecule has 0 saturated carbocycles. The molecule has 0 aliphatic carbocycles. The molecule has 27 heavy (non-hydrogen) atoms. The highest BCUT2D eigenvalue weighted by atomic mass is 16.7. The molecule has 6 N–H and O–H groups in total. The molecular weight excluding hydrogens is 368 g/mol. The van der Waals surface area contributed by atoms with Gasteiger partial charge in [-0.2, -0.15) is 0 Å². The summed E-state index contributed by atoms with van der Waals surface area (Å²) in [4.78, 5) is 11.8. The molecule has 8 atom stereocenters. The maximum atomic E-state index is 11.8. The van der Waals surface area contributed by atoms with Crippen molar-refractivity contribution in [2.45, 2.75) is 69.0 Å². The van der Waals surface area contributed by atoms with Crippen LogP contribution in [0.3, 0.4) is 0 Å². The maximum absolute atomic E-state index is 11.8. The van der Waals surface area contributed by atoms with Crippen LogP contribution in [0.4, 0.5) is 0 Å². The van der Waals surface area contributed by atoms with Gasteiger partial charge in [0, 0.05) is 6.42 Å². The Balaban J connectivity index is 1.94. The molecule has 0 spiro atoms. The Morgan fingerprint density at radius 1 is 1.15 bits per heavy atom. The minimum atomic E-state index is -1.87. The van der Waals surface area contributed by atoms with Gasteiger partial charge in [0.15, 0.2) is 6.29 Å². The zero-order chi connectivity index (χ0) is 20.4. The first kappa shape index (κ1) is 22.4. The fourth-order valence-electron chi connectivity index (χ4n) is 2.79. The van der Waals surface area contributed by atoms with Gasteiger partial charge >= 0.3 is 5.97 Å². The van der Waals surface area contributed by atoms with Gasteiger partial charge in [-0.1, -0.05) is 13.8 Å². The number of ether oxygens (including phenoxy) is 4. The van der Waals surface area contributed by atoms with Crippen LogP contribution >= 0.6 is 0 Å². The average Bonchev–Trinajstić information content (AvgIpc) is 2.89. The van der Waals surface area contributed by atoms with Crippen LogP contribution in [0, 0.1) is 5.92 Å². The number of hydrogen-bond donors (Lipinski definition) is 6. The number of esters is 1. The van der Waals surface area contributed by atoms with E-state index in [9.17, 15) is 30.3 Å². The van der Waals surface area contributed by atoms with Crippen molar-refractivity contribution in [3.63, 3.8) is 0 Å². The number of carbonyl (C=O) groups excluding carboxylic acids is 1. The Hall–Kier alpha value is -0.890. The number of hydrogen-bond acceptors (Lipinski definition) is 11. The van der Waals surface area contributed by atoms with Crippen molar-refractivity contribution in [2.24, 2.45) is 5.92 Å². The zero-order valence-corrected chi connectivity index (χ0v) is 15.2. The highest BCUT2D eigenvalue weighted by Gasteiger charge is 2.50. The van der Waals surface area contributed by atoms with Crippen LogP contribution in [0.25, 0.3) is 0 Å². The van der Waals surface area contributed by atoms with Gasteiger partial charge in [-0.25, -0.2) is 0 Å². The molecule has 0 amide bonds. The predicted octanol–water partition coefficient (Wildman–Crippen LogP) is -3.16. The molecule has 2 heterocycles. The van der Waals surface area contributed by atoms with Gasteiger partial charge in [0.05, 0.1) is 19.8 Å². The minimum Gasteiger partial charge on any atom is -0.433 e. The maximum Gasteiger partial charge on any atom is 0.308 e. The Kier molecular flexibility index (Phi) is 7.53. The zero-order valence-electron chi connectivity index (χ0n) is 15.2. The van der Waals surface area contributed by atoms with E-state index in [2.05, 4.69) is 0 Å². The summed E-state index contributed by atoms with van der Waals surface area (Å²) in [5.41, 5.74) is -1.87. The fourth-order valence-corrected chi connectivity index (χ4v) is 2.79. The second kappa shape index (κ2) is 9.07. The predicted molar refractivity (Wildman–Crippen MR) is 86.0 cm³/mol. The van der Waals surface area contributed by atoms with Crippen LogP contribution in [0.1, 0.15) is 20.3 Å². The lowest BCUT2D eigenvalue weighted by molar-refractivity contribution is -0.301. The fraction of sp³-hybridized carbons (Fsp3) is 0.938. The first-order valence-electron chi connectivity index (χ1n) is 8.72. The number of carbonyl (C=O) groups is 1. The monoisotopic (exact) mass is 396 g/mol. The Morgan fingerprint density at radius 3 is 2.37 bits per heavy atom. The number of aliphatic hydroxyl groups excluding tert-OH is 5. The van der Waals surface area contributed by atoms with Crippen molar-refractivity contribution < 1.29 is 54.4 Å². The highest BCUT2D eigenvalue weighted by Crippen LogP contribution is 2.27. The van der Waals surface area contributed by atoms with Crippen LogP contribution < -0.4 is 0 Å². The Morgan fingerprint density at radius 2 is 1.81 bits per heavy atom. The lowest BCUT2D eigenvalue weighted by Gasteiger charge is -2.40. The van der Waals surface area contributed by atoms with Crippen molar-refractivity contribution in [1.29, 1.82) is 0 Å². The highest BCUT2D eigenvalue weighted by molar-refractivity contribution is 5.69. The van der Waals surface area contributed by atoms with Crippen molar-refractivity contribution in [3.8, 4) is 0 Å².